The third-order valence-corrected chi connectivity index (χ3v) is 0.996. The van der Waals surface area contributed by atoms with Gasteiger partial charge in [0.05, 0.1) is 11.7 Å². The summed E-state index contributed by atoms with van der Waals surface area (Å²) >= 11 is 0. The molecule has 0 saturated carbocycles. The van der Waals surface area contributed by atoms with Crippen molar-refractivity contribution in [1.82, 2.24) is 10.4 Å². The lowest BCUT2D eigenvalue weighted by Crippen LogP contribution is -2.27. The van der Waals surface area contributed by atoms with Gasteiger partial charge in [0, 0.05) is 5.27 Å². The lowest BCUT2D eigenvalue weighted by atomic mass is 10.1. The molecule has 1 aromatic rings. The van der Waals surface area contributed by atoms with E-state index < -0.39 is 5.54 Å². The van der Waals surface area contributed by atoms with E-state index in [4.69, 9.17) is 10.3 Å². The second kappa shape index (κ2) is 1.80. The lowest BCUT2D eigenvalue weighted by molar-refractivity contribution is 0.309. The fraction of sp³-hybridized carbons (Fsp3) is 0.600. The summed E-state index contributed by atoms with van der Waals surface area (Å²) in [6, 6.07) is 0. The SMILES string of the molecule is CC(C)(N)c1cnno1. The van der Waals surface area contributed by atoms with Crippen molar-refractivity contribution in [2.75, 3.05) is 0 Å². The summed E-state index contributed by atoms with van der Waals surface area (Å²) in [4.78, 5) is 0. The van der Waals surface area contributed by atoms with Gasteiger partial charge in [0.25, 0.3) is 0 Å². The molecule has 0 bridgehead atoms. The van der Waals surface area contributed by atoms with Crippen LogP contribution < -0.4 is 5.73 Å². The van der Waals surface area contributed by atoms with Crippen molar-refractivity contribution in [3.8, 4) is 0 Å². The minimum atomic E-state index is -0.469. The fourth-order valence-electron chi connectivity index (χ4n) is 0.451. The Balaban J connectivity index is 2.90. The molecule has 0 aliphatic heterocycles. The molecule has 1 heterocycles. The summed E-state index contributed by atoms with van der Waals surface area (Å²) < 4.78 is 4.71. The van der Waals surface area contributed by atoms with Gasteiger partial charge in [-0.3, -0.25) is 0 Å². The van der Waals surface area contributed by atoms with E-state index in [2.05, 4.69) is 10.4 Å². The van der Waals surface area contributed by atoms with Crippen molar-refractivity contribution < 1.29 is 4.52 Å². The maximum absolute atomic E-state index is 5.63. The highest BCUT2D eigenvalue weighted by molar-refractivity contribution is 5.00. The first-order valence-electron chi connectivity index (χ1n) is 2.67. The van der Waals surface area contributed by atoms with Crippen LogP contribution in [0.1, 0.15) is 19.6 Å². The molecule has 1 rings (SSSR count). The topological polar surface area (TPSA) is 64.9 Å². The first-order valence-corrected chi connectivity index (χ1v) is 2.67. The van der Waals surface area contributed by atoms with Crippen molar-refractivity contribution in [1.29, 1.82) is 0 Å². The van der Waals surface area contributed by atoms with Crippen molar-refractivity contribution in [3.05, 3.63) is 12.0 Å². The van der Waals surface area contributed by atoms with E-state index in [1.54, 1.807) is 0 Å². The lowest BCUT2D eigenvalue weighted by Gasteiger charge is -2.11. The van der Waals surface area contributed by atoms with Crippen molar-refractivity contribution >= 4 is 0 Å². The number of nitrogens with two attached hydrogens (primary N) is 1. The first-order chi connectivity index (χ1) is 4.11. The summed E-state index contributed by atoms with van der Waals surface area (Å²) in [5, 5.41) is 6.78. The van der Waals surface area contributed by atoms with E-state index in [9.17, 15) is 0 Å². The molecule has 1 aromatic heterocycles. The summed E-state index contributed by atoms with van der Waals surface area (Å²) in [6.07, 6.45) is 1.51. The monoisotopic (exact) mass is 127 g/mol. The van der Waals surface area contributed by atoms with Crippen molar-refractivity contribution in [3.63, 3.8) is 0 Å². The van der Waals surface area contributed by atoms with Gasteiger partial charge in [-0.05, 0) is 13.8 Å². The minimum absolute atomic E-state index is 0.469. The molecular formula is C5H9N3O. The van der Waals surface area contributed by atoms with Crippen LogP contribution in [0.25, 0.3) is 0 Å². The Kier molecular flexibility index (Phi) is 1.25. The predicted molar refractivity (Wildman–Crippen MR) is 31.5 cm³/mol. The highest BCUT2D eigenvalue weighted by Gasteiger charge is 2.18. The summed E-state index contributed by atoms with van der Waals surface area (Å²) in [6.45, 7) is 3.66. The fourth-order valence-corrected chi connectivity index (χ4v) is 0.451. The van der Waals surface area contributed by atoms with Crippen LogP contribution in [0.3, 0.4) is 0 Å². The highest BCUT2D eigenvalue weighted by atomic mass is 16.5. The van der Waals surface area contributed by atoms with E-state index in [1.165, 1.54) is 6.20 Å². The zero-order chi connectivity index (χ0) is 6.91. The Morgan fingerprint density at radius 2 is 2.33 bits per heavy atom. The molecule has 0 amide bonds. The molecule has 50 valence electrons. The van der Waals surface area contributed by atoms with Gasteiger partial charge < -0.3 is 10.3 Å². The summed E-state index contributed by atoms with van der Waals surface area (Å²) in [5.41, 5.74) is 5.16. The third kappa shape index (κ3) is 1.26. The van der Waals surface area contributed by atoms with Crippen LogP contribution in [0.15, 0.2) is 10.7 Å². The number of hydrogen-bond acceptors (Lipinski definition) is 4. The second-order valence-corrected chi connectivity index (χ2v) is 2.50. The number of rotatable bonds is 1. The Morgan fingerprint density at radius 1 is 1.67 bits per heavy atom. The average Bonchev–Trinajstić information content (AvgIpc) is 2.08. The van der Waals surface area contributed by atoms with Crippen LogP contribution in [0, 0.1) is 0 Å². The molecule has 0 fully saturated rings. The van der Waals surface area contributed by atoms with Crippen LogP contribution >= 0.6 is 0 Å². The Hall–Kier alpha value is -0.900. The Labute approximate surface area is 53.0 Å². The maximum atomic E-state index is 5.63. The highest BCUT2D eigenvalue weighted by Crippen LogP contribution is 2.12. The van der Waals surface area contributed by atoms with Gasteiger partial charge in [-0.25, -0.2) is 0 Å². The normalized spacial score (nSPS) is 11.9. The first kappa shape index (κ1) is 6.22. The Morgan fingerprint density at radius 3 is 2.56 bits per heavy atom. The van der Waals surface area contributed by atoms with Gasteiger partial charge in [-0.15, -0.1) is 5.10 Å². The number of nitrogens with zero attached hydrogens (tertiary/aromatic N) is 2. The molecule has 0 spiro atoms. The van der Waals surface area contributed by atoms with Crippen LogP contribution in [-0.2, 0) is 5.54 Å². The molecule has 0 unspecified atom stereocenters. The molecule has 0 radical (unpaired) electrons. The van der Waals surface area contributed by atoms with Gasteiger partial charge in [0.15, 0.2) is 5.76 Å². The van der Waals surface area contributed by atoms with Gasteiger partial charge >= 0.3 is 0 Å². The van der Waals surface area contributed by atoms with Crippen molar-refractivity contribution in [2.24, 2.45) is 5.73 Å². The van der Waals surface area contributed by atoms with Gasteiger partial charge in [0.2, 0.25) is 0 Å². The van der Waals surface area contributed by atoms with Crippen molar-refractivity contribution in [2.45, 2.75) is 19.4 Å². The van der Waals surface area contributed by atoms with Crippen LogP contribution in [0.4, 0.5) is 0 Å². The van der Waals surface area contributed by atoms with Gasteiger partial charge in [-0.1, -0.05) is 0 Å². The molecule has 0 aliphatic rings. The largest absolute Gasteiger partial charge is 0.340 e. The molecule has 0 saturated heterocycles. The third-order valence-electron chi connectivity index (χ3n) is 0.996. The zero-order valence-electron chi connectivity index (χ0n) is 5.46. The van der Waals surface area contributed by atoms with Crippen LogP contribution in [0.5, 0.6) is 0 Å². The molecule has 4 heteroatoms. The number of hydrogen-bond donors (Lipinski definition) is 1. The predicted octanol–water partition coefficient (Wildman–Crippen LogP) is 0.263. The number of aromatic nitrogens is 2. The van der Waals surface area contributed by atoms with Gasteiger partial charge in [-0.2, -0.15) is 0 Å². The summed E-state index contributed by atoms with van der Waals surface area (Å²) in [7, 11) is 0. The zero-order valence-corrected chi connectivity index (χ0v) is 5.46. The smallest absolute Gasteiger partial charge is 0.176 e. The van der Waals surface area contributed by atoms with E-state index in [0.29, 0.717) is 5.76 Å². The molecule has 2 N–H and O–H groups in total. The molecule has 9 heavy (non-hydrogen) atoms. The molecule has 4 nitrogen and oxygen atoms in total. The van der Waals surface area contributed by atoms with E-state index in [1.807, 2.05) is 13.8 Å². The van der Waals surface area contributed by atoms with Crippen LogP contribution in [0.2, 0.25) is 0 Å². The summed E-state index contributed by atoms with van der Waals surface area (Å²) in [5.74, 6) is 0.600. The average molecular weight is 127 g/mol. The molecule has 0 aliphatic carbocycles. The Bertz CT molecular complexity index is 175. The maximum Gasteiger partial charge on any atom is 0.176 e. The molecular weight excluding hydrogens is 118 g/mol. The standard InChI is InChI=1S/C5H9N3O/c1-5(2,6)4-3-7-8-9-4/h3H,6H2,1-2H3. The molecule has 0 atom stereocenters. The second-order valence-electron chi connectivity index (χ2n) is 2.50. The van der Waals surface area contributed by atoms with Crippen LogP contribution in [-0.4, -0.2) is 10.4 Å². The quantitative estimate of drug-likeness (QED) is 0.587. The van der Waals surface area contributed by atoms with E-state index in [0.717, 1.165) is 0 Å². The minimum Gasteiger partial charge on any atom is -0.340 e. The van der Waals surface area contributed by atoms with Gasteiger partial charge in [0.1, 0.15) is 0 Å². The van der Waals surface area contributed by atoms with E-state index >= 15 is 0 Å². The van der Waals surface area contributed by atoms with E-state index in [-0.39, 0.29) is 0 Å². The molecule has 0 aromatic carbocycles.